The second-order valence-electron chi connectivity index (χ2n) is 4.25. The van der Waals surface area contributed by atoms with Gasteiger partial charge < -0.3 is 20.1 Å². The van der Waals surface area contributed by atoms with Gasteiger partial charge in [-0.15, -0.1) is 0 Å². The van der Waals surface area contributed by atoms with E-state index in [2.05, 4.69) is 15.4 Å². The number of amides is 2. The summed E-state index contributed by atoms with van der Waals surface area (Å²) >= 11 is 0. The summed E-state index contributed by atoms with van der Waals surface area (Å²) in [6, 6.07) is 4.47. The van der Waals surface area contributed by atoms with E-state index in [1.807, 2.05) is 0 Å². The van der Waals surface area contributed by atoms with Gasteiger partial charge in [0, 0.05) is 13.0 Å². The average Bonchev–Trinajstić information content (AvgIpc) is 2.38. The lowest BCUT2D eigenvalue weighted by molar-refractivity contribution is -0.174. The molecule has 0 saturated heterocycles. The highest BCUT2D eigenvalue weighted by atomic mass is 19.4. The molecule has 122 valence electrons. The van der Waals surface area contributed by atoms with E-state index >= 15 is 0 Å². The number of nitrogens with one attached hydrogen (secondary N) is 2. The number of alkyl halides is 3. The van der Waals surface area contributed by atoms with Gasteiger partial charge in [-0.1, -0.05) is 0 Å². The van der Waals surface area contributed by atoms with Gasteiger partial charge in [0.05, 0.1) is 18.5 Å². The summed E-state index contributed by atoms with van der Waals surface area (Å²) in [6.45, 7) is -1.00. The second-order valence-corrected chi connectivity index (χ2v) is 4.25. The molecule has 1 aromatic carbocycles. The summed E-state index contributed by atoms with van der Waals surface area (Å²) in [6.07, 6.45) is -4.50. The minimum Gasteiger partial charge on any atom is -0.497 e. The van der Waals surface area contributed by atoms with Crippen molar-refractivity contribution >= 4 is 23.2 Å². The van der Waals surface area contributed by atoms with Crippen LogP contribution in [0.1, 0.15) is 6.92 Å². The molecule has 0 bridgehead atoms. The minimum absolute atomic E-state index is 0.190. The Kier molecular flexibility index (Phi) is 6.17. The first-order valence-electron chi connectivity index (χ1n) is 6.11. The zero-order valence-corrected chi connectivity index (χ0v) is 11.9. The van der Waals surface area contributed by atoms with E-state index in [1.165, 1.54) is 26.2 Å². The van der Waals surface area contributed by atoms with E-state index in [1.54, 1.807) is 6.07 Å². The molecular weight excluding hydrogens is 305 g/mol. The van der Waals surface area contributed by atoms with Crippen molar-refractivity contribution in [2.24, 2.45) is 0 Å². The fourth-order valence-electron chi connectivity index (χ4n) is 1.50. The number of ether oxygens (including phenoxy) is 2. The van der Waals surface area contributed by atoms with Crippen LogP contribution in [0.5, 0.6) is 5.75 Å². The molecule has 0 aliphatic carbocycles. The summed E-state index contributed by atoms with van der Waals surface area (Å²) in [5, 5.41) is 4.83. The van der Waals surface area contributed by atoms with Crippen molar-refractivity contribution in [2.75, 3.05) is 31.0 Å². The lowest BCUT2D eigenvalue weighted by atomic mass is 10.2. The standard InChI is InChI=1S/C13H15F3N2O4/c1-8(19)17-10-4-3-9(21-2)5-11(10)18-12(20)6-22-7-13(14,15)16/h3-5H,6-7H2,1-2H3,(H,17,19)(H,18,20). The molecule has 0 unspecified atom stereocenters. The lowest BCUT2D eigenvalue weighted by Crippen LogP contribution is -2.24. The number of carbonyl (C=O) groups is 2. The Hall–Kier alpha value is -2.29. The number of carbonyl (C=O) groups excluding carboxylic acids is 2. The van der Waals surface area contributed by atoms with Crippen LogP contribution in [0.25, 0.3) is 0 Å². The number of anilines is 2. The first kappa shape index (κ1) is 17.8. The first-order chi connectivity index (χ1) is 10.2. The van der Waals surface area contributed by atoms with Gasteiger partial charge in [-0.25, -0.2) is 0 Å². The van der Waals surface area contributed by atoms with Crippen LogP contribution in [0.3, 0.4) is 0 Å². The smallest absolute Gasteiger partial charge is 0.411 e. The van der Waals surface area contributed by atoms with Gasteiger partial charge in [0.15, 0.2) is 0 Å². The van der Waals surface area contributed by atoms with Crippen LogP contribution in [0.15, 0.2) is 18.2 Å². The van der Waals surface area contributed by atoms with E-state index in [4.69, 9.17) is 4.74 Å². The number of halogens is 3. The van der Waals surface area contributed by atoms with Gasteiger partial charge >= 0.3 is 6.18 Å². The Morgan fingerprint density at radius 1 is 1.18 bits per heavy atom. The molecule has 6 nitrogen and oxygen atoms in total. The van der Waals surface area contributed by atoms with Crippen molar-refractivity contribution in [2.45, 2.75) is 13.1 Å². The Morgan fingerprint density at radius 2 is 1.86 bits per heavy atom. The second kappa shape index (κ2) is 7.64. The number of benzene rings is 1. The normalized spacial score (nSPS) is 11.0. The van der Waals surface area contributed by atoms with Crippen molar-refractivity contribution < 1.29 is 32.2 Å². The minimum atomic E-state index is -4.50. The molecule has 2 N–H and O–H groups in total. The largest absolute Gasteiger partial charge is 0.497 e. The van der Waals surface area contributed by atoms with E-state index in [9.17, 15) is 22.8 Å². The third-order valence-electron chi connectivity index (χ3n) is 2.31. The monoisotopic (exact) mass is 320 g/mol. The van der Waals surface area contributed by atoms with Crippen molar-refractivity contribution in [3.8, 4) is 5.75 Å². The van der Waals surface area contributed by atoms with Gasteiger partial charge in [-0.05, 0) is 12.1 Å². The van der Waals surface area contributed by atoms with E-state index in [0.717, 1.165) is 0 Å². The Balaban J connectivity index is 2.73. The summed E-state index contributed by atoms with van der Waals surface area (Å²) in [7, 11) is 1.41. The van der Waals surface area contributed by atoms with Gasteiger partial charge in [0.1, 0.15) is 19.0 Å². The van der Waals surface area contributed by atoms with Gasteiger partial charge in [-0.3, -0.25) is 9.59 Å². The molecule has 0 atom stereocenters. The van der Waals surface area contributed by atoms with Crippen molar-refractivity contribution in [3.05, 3.63) is 18.2 Å². The Bertz CT molecular complexity index is 547. The molecule has 9 heteroatoms. The summed E-state index contributed by atoms with van der Waals surface area (Å²) in [5.74, 6) is -0.751. The fourth-order valence-corrected chi connectivity index (χ4v) is 1.50. The zero-order chi connectivity index (χ0) is 16.8. The van der Waals surface area contributed by atoms with E-state index < -0.39 is 25.3 Å². The van der Waals surface area contributed by atoms with Crippen molar-refractivity contribution in [3.63, 3.8) is 0 Å². The zero-order valence-electron chi connectivity index (χ0n) is 11.9. The van der Waals surface area contributed by atoms with Crippen LogP contribution in [0, 0.1) is 0 Å². The van der Waals surface area contributed by atoms with Crippen LogP contribution in [0.4, 0.5) is 24.5 Å². The quantitative estimate of drug-likeness (QED) is 0.842. The molecule has 0 aromatic heterocycles. The SMILES string of the molecule is COc1ccc(NC(C)=O)c(NC(=O)COCC(F)(F)F)c1. The maximum absolute atomic E-state index is 11.9. The number of hydrogen-bond acceptors (Lipinski definition) is 4. The summed E-state index contributed by atoms with van der Waals surface area (Å²) in [4.78, 5) is 22.7. The Labute approximate surface area is 124 Å². The number of rotatable bonds is 6. The van der Waals surface area contributed by atoms with Gasteiger partial charge in [0.25, 0.3) is 0 Å². The molecule has 0 spiro atoms. The molecular formula is C13H15F3N2O4. The molecule has 22 heavy (non-hydrogen) atoms. The molecule has 0 aliphatic rings. The van der Waals surface area contributed by atoms with Crippen molar-refractivity contribution in [1.82, 2.24) is 0 Å². The van der Waals surface area contributed by atoms with Crippen LogP contribution < -0.4 is 15.4 Å². The van der Waals surface area contributed by atoms with Gasteiger partial charge in [-0.2, -0.15) is 13.2 Å². The van der Waals surface area contributed by atoms with E-state index in [-0.39, 0.29) is 17.3 Å². The molecule has 0 heterocycles. The predicted octanol–water partition coefficient (Wildman–Crippen LogP) is 2.17. The van der Waals surface area contributed by atoms with Crippen LogP contribution in [-0.4, -0.2) is 38.3 Å². The maximum Gasteiger partial charge on any atom is 0.411 e. The predicted molar refractivity (Wildman–Crippen MR) is 72.8 cm³/mol. The van der Waals surface area contributed by atoms with Gasteiger partial charge in [0.2, 0.25) is 11.8 Å². The number of hydrogen-bond donors (Lipinski definition) is 2. The average molecular weight is 320 g/mol. The van der Waals surface area contributed by atoms with Crippen LogP contribution >= 0.6 is 0 Å². The maximum atomic E-state index is 11.9. The highest BCUT2D eigenvalue weighted by Gasteiger charge is 2.27. The highest BCUT2D eigenvalue weighted by Crippen LogP contribution is 2.27. The van der Waals surface area contributed by atoms with Crippen LogP contribution in [-0.2, 0) is 14.3 Å². The molecule has 1 aromatic rings. The molecule has 0 fully saturated rings. The molecule has 0 radical (unpaired) electrons. The van der Waals surface area contributed by atoms with Crippen LogP contribution in [0.2, 0.25) is 0 Å². The fraction of sp³-hybridized carbons (Fsp3) is 0.385. The summed E-state index contributed by atoms with van der Waals surface area (Å²) in [5.41, 5.74) is 0.479. The van der Waals surface area contributed by atoms with E-state index in [0.29, 0.717) is 5.75 Å². The molecule has 0 saturated carbocycles. The third kappa shape index (κ3) is 6.44. The lowest BCUT2D eigenvalue weighted by Gasteiger charge is -2.13. The van der Waals surface area contributed by atoms with Crippen molar-refractivity contribution in [1.29, 1.82) is 0 Å². The summed E-state index contributed by atoms with van der Waals surface area (Å²) < 4.78 is 45.0. The topological polar surface area (TPSA) is 76.7 Å². The highest BCUT2D eigenvalue weighted by molar-refractivity contribution is 5.99. The third-order valence-corrected chi connectivity index (χ3v) is 2.31. The molecule has 0 aliphatic heterocycles. The number of methoxy groups -OCH3 is 1. The molecule has 2 amide bonds. The molecule has 1 rings (SSSR count). The Morgan fingerprint density at radius 3 is 2.41 bits per heavy atom. The first-order valence-corrected chi connectivity index (χ1v) is 6.11.